The van der Waals surface area contributed by atoms with E-state index in [-0.39, 0.29) is 5.91 Å². The number of aromatic nitrogens is 3. The monoisotopic (exact) mass is 443 g/mol. The van der Waals surface area contributed by atoms with Gasteiger partial charge < -0.3 is 14.4 Å². The molecule has 3 heterocycles. The van der Waals surface area contributed by atoms with Gasteiger partial charge in [-0.1, -0.05) is 18.2 Å². The van der Waals surface area contributed by atoms with Gasteiger partial charge in [-0.25, -0.2) is 9.97 Å². The van der Waals surface area contributed by atoms with Crippen LogP contribution in [0.5, 0.6) is 0 Å². The molecule has 1 aromatic carbocycles. The van der Waals surface area contributed by atoms with Crippen LogP contribution in [-0.4, -0.2) is 53.0 Å². The molecule has 0 spiro atoms. The smallest absolute Gasteiger partial charge is 0.250 e. The van der Waals surface area contributed by atoms with Crippen molar-refractivity contribution in [2.75, 3.05) is 32.6 Å². The Kier molecular flexibility index (Phi) is 6.33. The first-order valence-electron chi connectivity index (χ1n) is 10.6. The molecule has 168 valence electrons. The number of fused-ring (bicyclic) bond motifs is 1. The number of nitrogens with zero attached hydrogens (tertiary/aromatic N) is 5. The first-order valence-corrected chi connectivity index (χ1v) is 10.6. The van der Waals surface area contributed by atoms with Crippen molar-refractivity contribution in [2.24, 2.45) is 7.05 Å². The molecule has 6 nitrogen and oxygen atoms in total. The number of benzene rings is 1. The van der Waals surface area contributed by atoms with E-state index in [1.807, 2.05) is 79.4 Å². The van der Waals surface area contributed by atoms with Gasteiger partial charge in [-0.05, 0) is 49.5 Å². The number of hydrogen-bond donors (Lipinski definition) is 0. The minimum Gasteiger partial charge on any atom is -0.335 e. The Labute approximate surface area is 192 Å². The molecule has 0 saturated heterocycles. The van der Waals surface area contributed by atoms with E-state index in [4.69, 9.17) is 0 Å². The number of halogens is 1. The molecule has 0 atom stereocenters. The van der Waals surface area contributed by atoms with E-state index >= 15 is 0 Å². The van der Waals surface area contributed by atoms with Crippen LogP contribution in [0.2, 0.25) is 0 Å². The predicted molar refractivity (Wildman–Crippen MR) is 130 cm³/mol. The predicted octanol–water partition coefficient (Wildman–Crippen LogP) is 4.52. The molecule has 0 aliphatic heterocycles. The van der Waals surface area contributed by atoms with E-state index in [0.717, 1.165) is 39.0 Å². The van der Waals surface area contributed by atoms with Crippen LogP contribution in [0.25, 0.3) is 33.3 Å². The summed E-state index contributed by atoms with van der Waals surface area (Å²) in [4.78, 5) is 24.5. The summed E-state index contributed by atoms with van der Waals surface area (Å²) in [6, 6.07) is 13.0. The molecular weight excluding hydrogens is 417 g/mol. The minimum atomic E-state index is -0.520. The summed E-state index contributed by atoms with van der Waals surface area (Å²) in [6.07, 6.45) is 8.66. The zero-order valence-corrected chi connectivity index (χ0v) is 19.2. The van der Waals surface area contributed by atoms with E-state index in [1.54, 1.807) is 24.1 Å². The van der Waals surface area contributed by atoms with Gasteiger partial charge >= 0.3 is 0 Å². The largest absolute Gasteiger partial charge is 0.335 e. The zero-order valence-electron chi connectivity index (χ0n) is 19.2. The lowest BCUT2D eigenvalue weighted by atomic mass is 10.0. The van der Waals surface area contributed by atoms with Gasteiger partial charge in [0.2, 0.25) is 11.9 Å². The maximum absolute atomic E-state index is 13.7. The lowest BCUT2D eigenvalue weighted by molar-refractivity contribution is -0.113. The van der Waals surface area contributed by atoms with Gasteiger partial charge in [0.1, 0.15) is 5.65 Å². The molecule has 4 aromatic rings. The molecular formula is C26H26FN5O. The van der Waals surface area contributed by atoms with E-state index in [0.29, 0.717) is 6.54 Å². The highest BCUT2D eigenvalue weighted by Gasteiger charge is 2.14. The van der Waals surface area contributed by atoms with Crippen molar-refractivity contribution in [1.82, 2.24) is 19.4 Å². The average molecular weight is 444 g/mol. The average Bonchev–Trinajstić information content (AvgIpc) is 3.14. The van der Waals surface area contributed by atoms with Crippen LogP contribution in [0, 0.1) is 5.95 Å². The third-order valence-electron chi connectivity index (χ3n) is 5.48. The third kappa shape index (κ3) is 4.83. The summed E-state index contributed by atoms with van der Waals surface area (Å²) in [5.74, 6) is -0.610. The number of aryl methyl sites for hydroxylation is 1. The van der Waals surface area contributed by atoms with Crippen molar-refractivity contribution in [2.45, 2.75) is 0 Å². The van der Waals surface area contributed by atoms with E-state index in [1.165, 1.54) is 12.3 Å². The standard InChI is InChI=1S/C26H26FN5O/c1-30(2)12-6-9-25(33)32(4)21-8-5-7-18(13-21)20-14-22-23(17-31(3)26(22)29-16-20)19-10-11-28-24(27)15-19/h5-11,13-17H,12H2,1-4H3/b9-6+. The fraction of sp³-hybridized carbons (Fsp3) is 0.192. The van der Waals surface area contributed by atoms with Crippen molar-refractivity contribution in [3.63, 3.8) is 0 Å². The summed E-state index contributed by atoms with van der Waals surface area (Å²) in [6.45, 7) is 0.700. The Balaban J connectivity index is 1.69. The Morgan fingerprint density at radius 3 is 2.64 bits per heavy atom. The molecule has 0 fully saturated rings. The fourth-order valence-electron chi connectivity index (χ4n) is 3.72. The number of carbonyl (C=O) groups is 1. The van der Waals surface area contributed by atoms with Gasteiger partial charge in [-0.15, -0.1) is 0 Å². The molecule has 33 heavy (non-hydrogen) atoms. The molecule has 0 radical (unpaired) electrons. The summed E-state index contributed by atoms with van der Waals surface area (Å²) in [5, 5.41) is 0.919. The Morgan fingerprint density at radius 1 is 1.06 bits per heavy atom. The van der Waals surface area contributed by atoms with Crippen LogP contribution in [0.1, 0.15) is 0 Å². The molecule has 4 rings (SSSR count). The first kappa shape index (κ1) is 22.4. The first-order chi connectivity index (χ1) is 15.8. The molecule has 0 N–H and O–H groups in total. The second-order valence-electron chi connectivity index (χ2n) is 8.23. The van der Waals surface area contributed by atoms with Crippen molar-refractivity contribution in [3.05, 3.63) is 79.2 Å². The topological polar surface area (TPSA) is 54.3 Å². The molecule has 3 aromatic heterocycles. The van der Waals surface area contributed by atoms with Crippen LogP contribution in [0.3, 0.4) is 0 Å². The number of amides is 1. The molecule has 7 heteroatoms. The maximum atomic E-state index is 13.7. The quantitative estimate of drug-likeness (QED) is 0.325. The van der Waals surface area contributed by atoms with Gasteiger partial charge in [-0.3, -0.25) is 4.79 Å². The fourth-order valence-corrected chi connectivity index (χ4v) is 3.72. The van der Waals surface area contributed by atoms with E-state index < -0.39 is 5.95 Å². The number of pyridine rings is 2. The van der Waals surface area contributed by atoms with E-state index in [2.05, 4.69) is 9.97 Å². The molecule has 0 saturated carbocycles. The maximum Gasteiger partial charge on any atom is 0.250 e. The summed E-state index contributed by atoms with van der Waals surface area (Å²) < 4.78 is 15.7. The van der Waals surface area contributed by atoms with Crippen LogP contribution in [-0.2, 0) is 11.8 Å². The summed E-state index contributed by atoms with van der Waals surface area (Å²) in [5.41, 5.74) is 5.08. The number of rotatable bonds is 6. The minimum absolute atomic E-state index is 0.0902. The molecule has 1 amide bonds. The number of carbonyl (C=O) groups excluding carboxylic acids is 1. The van der Waals surface area contributed by atoms with Gasteiger partial charge in [0.15, 0.2) is 0 Å². The highest BCUT2D eigenvalue weighted by Crippen LogP contribution is 2.33. The van der Waals surface area contributed by atoms with Crippen LogP contribution >= 0.6 is 0 Å². The van der Waals surface area contributed by atoms with Crippen LogP contribution < -0.4 is 4.90 Å². The van der Waals surface area contributed by atoms with Gasteiger partial charge in [0.05, 0.1) is 0 Å². The summed E-state index contributed by atoms with van der Waals surface area (Å²) in [7, 11) is 7.59. The molecule has 0 aliphatic carbocycles. The second-order valence-corrected chi connectivity index (χ2v) is 8.23. The molecule has 0 bridgehead atoms. The SMILES string of the molecule is CN(C)C/C=C/C(=O)N(C)c1cccc(-c2cnc3c(c2)c(-c2ccnc(F)c2)cn3C)c1. The van der Waals surface area contributed by atoms with E-state index in [9.17, 15) is 9.18 Å². The normalized spacial score (nSPS) is 11.6. The summed E-state index contributed by atoms with van der Waals surface area (Å²) >= 11 is 0. The second kappa shape index (κ2) is 9.34. The van der Waals surface area contributed by atoms with Crippen LogP contribution in [0.4, 0.5) is 10.1 Å². The number of hydrogen-bond acceptors (Lipinski definition) is 4. The third-order valence-corrected chi connectivity index (χ3v) is 5.48. The van der Waals surface area contributed by atoms with Gasteiger partial charge in [0, 0.05) is 73.6 Å². The Hall–Kier alpha value is -3.84. The Bertz CT molecular complexity index is 1340. The number of likely N-dealkylation sites (N-methyl/N-ethyl adjacent to an activating group) is 2. The number of anilines is 1. The highest BCUT2D eigenvalue weighted by molar-refractivity contribution is 6.01. The molecule has 0 unspecified atom stereocenters. The van der Waals surface area contributed by atoms with Crippen molar-refractivity contribution in [3.8, 4) is 22.3 Å². The highest BCUT2D eigenvalue weighted by atomic mass is 19.1. The van der Waals surface area contributed by atoms with Crippen molar-refractivity contribution in [1.29, 1.82) is 0 Å². The van der Waals surface area contributed by atoms with Crippen molar-refractivity contribution >= 4 is 22.6 Å². The lowest BCUT2D eigenvalue weighted by Crippen LogP contribution is -2.24. The van der Waals surface area contributed by atoms with Crippen molar-refractivity contribution < 1.29 is 9.18 Å². The lowest BCUT2D eigenvalue weighted by Gasteiger charge is -2.16. The zero-order chi connectivity index (χ0) is 23.5. The van der Waals surface area contributed by atoms with Gasteiger partial charge in [-0.2, -0.15) is 4.39 Å². The Morgan fingerprint density at radius 2 is 1.88 bits per heavy atom. The van der Waals surface area contributed by atoms with Crippen LogP contribution in [0.15, 0.2) is 73.2 Å². The van der Waals surface area contributed by atoms with Gasteiger partial charge in [0.25, 0.3) is 0 Å². The molecule has 0 aliphatic rings.